The van der Waals surface area contributed by atoms with Crippen molar-refractivity contribution in [1.82, 2.24) is 10.9 Å². The predicted octanol–water partition coefficient (Wildman–Crippen LogP) is 3.27. The number of hydrazine groups is 1. The zero-order valence-corrected chi connectivity index (χ0v) is 18.1. The second-order valence-corrected chi connectivity index (χ2v) is 7.43. The van der Waals surface area contributed by atoms with E-state index in [1.54, 1.807) is 11.8 Å². The van der Waals surface area contributed by atoms with Crippen molar-refractivity contribution in [1.29, 1.82) is 0 Å². The molecule has 0 saturated heterocycles. The minimum Gasteiger partial charge on any atom is -0.493 e. The summed E-state index contributed by atoms with van der Waals surface area (Å²) in [6, 6.07) is 9.23. The van der Waals surface area contributed by atoms with Gasteiger partial charge in [-0.3, -0.25) is 20.4 Å². The van der Waals surface area contributed by atoms with Crippen LogP contribution in [0.2, 0.25) is 0 Å². The number of methoxy groups -OCH3 is 3. The molecule has 156 valence electrons. The van der Waals surface area contributed by atoms with Gasteiger partial charge in [-0.15, -0.1) is 11.8 Å². The fourth-order valence-corrected chi connectivity index (χ4v) is 3.49. The van der Waals surface area contributed by atoms with Crippen molar-refractivity contribution in [3.63, 3.8) is 0 Å². The summed E-state index contributed by atoms with van der Waals surface area (Å²) in [7, 11) is 4.41. The maximum Gasteiger partial charge on any atom is 0.269 e. The average molecular weight is 419 g/mol. The SMILES string of the molecule is COc1cc(C(=O)NNC(=O)CCSc2ccc(C)c(C)c2)cc(OC)c1OC. The van der Waals surface area contributed by atoms with Gasteiger partial charge in [-0.25, -0.2) is 0 Å². The Labute approximate surface area is 175 Å². The Morgan fingerprint density at radius 1 is 0.897 bits per heavy atom. The van der Waals surface area contributed by atoms with Gasteiger partial charge in [-0.05, 0) is 49.2 Å². The first-order chi connectivity index (χ1) is 13.9. The van der Waals surface area contributed by atoms with E-state index in [0.717, 1.165) is 4.90 Å². The van der Waals surface area contributed by atoms with E-state index in [2.05, 4.69) is 36.8 Å². The first-order valence-electron chi connectivity index (χ1n) is 8.98. The number of rotatable bonds is 8. The first-order valence-corrected chi connectivity index (χ1v) is 9.97. The zero-order valence-electron chi connectivity index (χ0n) is 17.3. The third-order valence-electron chi connectivity index (χ3n) is 4.32. The fraction of sp³-hybridized carbons (Fsp3) is 0.333. The van der Waals surface area contributed by atoms with Crippen LogP contribution in [0.15, 0.2) is 35.2 Å². The van der Waals surface area contributed by atoms with Gasteiger partial charge in [-0.2, -0.15) is 0 Å². The molecular formula is C21H26N2O5S. The highest BCUT2D eigenvalue weighted by Crippen LogP contribution is 2.38. The van der Waals surface area contributed by atoms with Crippen molar-refractivity contribution in [2.75, 3.05) is 27.1 Å². The molecule has 2 rings (SSSR count). The van der Waals surface area contributed by atoms with Gasteiger partial charge in [0.2, 0.25) is 11.7 Å². The van der Waals surface area contributed by atoms with Crippen molar-refractivity contribution in [2.24, 2.45) is 0 Å². The maximum atomic E-state index is 12.4. The van der Waals surface area contributed by atoms with Crippen LogP contribution in [0.3, 0.4) is 0 Å². The van der Waals surface area contributed by atoms with E-state index in [0.29, 0.717) is 23.0 Å². The molecule has 0 unspecified atom stereocenters. The molecule has 0 aliphatic rings. The molecule has 7 nitrogen and oxygen atoms in total. The predicted molar refractivity (Wildman–Crippen MR) is 113 cm³/mol. The number of nitrogens with one attached hydrogen (secondary N) is 2. The highest BCUT2D eigenvalue weighted by atomic mass is 32.2. The molecule has 0 atom stereocenters. The highest BCUT2D eigenvalue weighted by Gasteiger charge is 2.17. The van der Waals surface area contributed by atoms with Gasteiger partial charge < -0.3 is 14.2 Å². The lowest BCUT2D eigenvalue weighted by Crippen LogP contribution is -2.41. The molecular weight excluding hydrogens is 392 g/mol. The lowest BCUT2D eigenvalue weighted by Gasteiger charge is -2.14. The number of hydrogen-bond donors (Lipinski definition) is 2. The molecule has 8 heteroatoms. The molecule has 0 aliphatic carbocycles. The summed E-state index contributed by atoms with van der Waals surface area (Å²) >= 11 is 1.60. The van der Waals surface area contributed by atoms with E-state index in [1.165, 1.54) is 44.6 Å². The largest absolute Gasteiger partial charge is 0.493 e. The summed E-state index contributed by atoms with van der Waals surface area (Å²) in [5.41, 5.74) is 7.56. The molecule has 2 N–H and O–H groups in total. The Kier molecular flexibility index (Phi) is 8.21. The minimum atomic E-state index is -0.487. The standard InChI is InChI=1S/C21H26N2O5S/c1-13-6-7-16(10-14(13)2)29-9-8-19(24)22-23-21(25)15-11-17(26-3)20(28-5)18(12-15)27-4/h6-7,10-12H,8-9H2,1-5H3,(H,22,24)(H,23,25). The van der Waals surface area contributed by atoms with Crippen LogP contribution in [0.1, 0.15) is 27.9 Å². The van der Waals surface area contributed by atoms with Crippen LogP contribution in [0.4, 0.5) is 0 Å². The number of ether oxygens (including phenoxy) is 3. The van der Waals surface area contributed by atoms with Gasteiger partial charge in [0.1, 0.15) is 0 Å². The van der Waals surface area contributed by atoms with Crippen LogP contribution >= 0.6 is 11.8 Å². The number of carbonyl (C=O) groups is 2. The number of thioether (sulfide) groups is 1. The zero-order chi connectivity index (χ0) is 21.4. The van der Waals surface area contributed by atoms with E-state index in [-0.39, 0.29) is 17.9 Å². The summed E-state index contributed by atoms with van der Waals surface area (Å²) in [5.74, 6) is 0.940. The Morgan fingerprint density at radius 3 is 2.10 bits per heavy atom. The summed E-state index contributed by atoms with van der Waals surface area (Å²) in [6.07, 6.45) is 0.271. The molecule has 0 bridgehead atoms. The van der Waals surface area contributed by atoms with Gasteiger partial charge in [0.05, 0.1) is 21.3 Å². The summed E-state index contributed by atoms with van der Waals surface area (Å²) in [5, 5.41) is 0. The molecule has 2 aromatic rings. The van der Waals surface area contributed by atoms with E-state index in [1.807, 2.05) is 6.07 Å². The van der Waals surface area contributed by atoms with E-state index >= 15 is 0 Å². The molecule has 0 aliphatic heterocycles. The molecule has 2 aromatic carbocycles. The van der Waals surface area contributed by atoms with Crippen molar-refractivity contribution in [2.45, 2.75) is 25.2 Å². The highest BCUT2D eigenvalue weighted by molar-refractivity contribution is 7.99. The Bertz CT molecular complexity index is 860. The molecule has 2 amide bonds. The Balaban J connectivity index is 1.88. The van der Waals surface area contributed by atoms with Crippen LogP contribution in [-0.2, 0) is 4.79 Å². The Morgan fingerprint density at radius 2 is 1.55 bits per heavy atom. The summed E-state index contributed by atoms with van der Waals surface area (Å²) in [4.78, 5) is 25.5. The van der Waals surface area contributed by atoms with Crippen LogP contribution in [-0.4, -0.2) is 38.9 Å². The van der Waals surface area contributed by atoms with Gasteiger partial charge in [0.15, 0.2) is 11.5 Å². The first kappa shape index (κ1) is 22.4. The Hall–Kier alpha value is -2.87. The van der Waals surface area contributed by atoms with Gasteiger partial charge >= 0.3 is 0 Å². The van der Waals surface area contributed by atoms with Gasteiger partial charge in [-0.1, -0.05) is 6.07 Å². The third-order valence-corrected chi connectivity index (χ3v) is 5.31. The van der Waals surface area contributed by atoms with Crippen molar-refractivity contribution >= 4 is 23.6 Å². The lowest BCUT2D eigenvalue weighted by molar-refractivity contribution is -0.121. The fourth-order valence-electron chi connectivity index (χ4n) is 2.54. The number of benzene rings is 2. The molecule has 0 fully saturated rings. The molecule has 0 aromatic heterocycles. The second kappa shape index (κ2) is 10.6. The van der Waals surface area contributed by atoms with Crippen molar-refractivity contribution < 1.29 is 23.8 Å². The van der Waals surface area contributed by atoms with Gasteiger partial charge in [0, 0.05) is 22.6 Å². The monoisotopic (exact) mass is 418 g/mol. The van der Waals surface area contributed by atoms with Crippen LogP contribution in [0.25, 0.3) is 0 Å². The number of hydrogen-bond acceptors (Lipinski definition) is 6. The smallest absolute Gasteiger partial charge is 0.269 e. The topological polar surface area (TPSA) is 85.9 Å². The van der Waals surface area contributed by atoms with Crippen LogP contribution in [0.5, 0.6) is 17.2 Å². The number of aryl methyl sites for hydroxylation is 2. The van der Waals surface area contributed by atoms with Crippen LogP contribution in [0, 0.1) is 13.8 Å². The van der Waals surface area contributed by atoms with Gasteiger partial charge in [0.25, 0.3) is 5.91 Å². The molecule has 0 spiro atoms. The molecule has 29 heavy (non-hydrogen) atoms. The molecule has 0 heterocycles. The summed E-state index contributed by atoms with van der Waals surface area (Å²) in [6.45, 7) is 4.12. The van der Waals surface area contributed by atoms with E-state index in [9.17, 15) is 9.59 Å². The number of amides is 2. The second-order valence-electron chi connectivity index (χ2n) is 6.26. The van der Waals surface area contributed by atoms with E-state index in [4.69, 9.17) is 14.2 Å². The molecule has 0 saturated carbocycles. The van der Waals surface area contributed by atoms with Crippen molar-refractivity contribution in [3.05, 3.63) is 47.0 Å². The number of carbonyl (C=O) groups excluding carboxylic acids is 2. The van der Waals surface area contributed by atoms with E-state index < -0.39 is 5.91 Å². The summed E-state index contributed by atoms with van der Waals surface area (Å²) < 4.78 is 15.7. The van der Waals surface area contributed by atoms with Crippen molar-refractivity contribution in [3.8, 4) is 17.2 Å². The molecule has 0 radical (unpaired) electrons. The minimum absolute atomic E-state index is 0.268. The maximum absolute atomic E-state index is 12.4. The van der Waals surface area contributed by atoms with Crippen LogP contribution < -0.4 is 25.1 Å². The normalized spacial score (nSPS) is 10.2. The quantitative estimate of drug-likeness (QED) is 0.506. The third kappa shape index (κ3) is 6.05. The lowest BCUT2D eigenvalue weighted by atomic mass is 10.1. The average Bonchev–Trinajstić information content (AvgIpc) is 2.73.